The molecule has 1 amide bonds. The van der Waals surface area contributed by atoms with Crippen LogP contribution in [0.2, 0.25) is 0 Å². The lowest BCUT2D eigenvalue weighted by molar-refractivity contribution is -0.123. The van der Waals surface area contributed by atoms with E-state index < -0.39 is 21.8 Å². The number of amides is 1. The number of halogens is 1. The van der Waals surface area contributed by atoms with Gasteiger partial charge in [-0.25, -0.2) is 8.42 Å². The molecule has 0 aromatic rings. The highest BCUT2D eigenvalue weighted by molar-refractivity contribution is 7.90. The minimum Gasteiger partial charge on any atom is -0.396 e. The molecule has 17 heavy (non-hydrogen) atoms. The lowest BCUT2D eigenvalue weighted by Gasteiger charge is -2.14. The Bertz CT molecular complexity index is 347. The van der Waals surface area contributed by atoms with E-state index in [-0.39, 0.29) is 37.2 Å². The summed E-state index contributed by atoms with van der Waals surface area (Å²) < 4.78 is 24.8. The molecule has 0 bridgehead atoms. The number of nitrogens with one attached hydrogen (secondary N) is 1. The standard InChI is InChI=1S/C9H18N2O4S.ClH/c10-8-4-1-3-7(8)9(13)11-16(14,15)6-2-5-12;/h7-8,12H,1-6,10H2,(H,11,13);1H/t7-,8+;/m1./s1. The first-order valence-electron chi connectivity index (χ1n) is 5.37. The molecule has 0 saturated heterocycles. The summed E-state index contributed by atoms with van der Waals surface area (Å²) in [7, 11) is -3.62. The summed E-state index contributed by atoms with van der Waals surface area (Å²) in [5.41, 5.74) is 5.70. The first-order chi connectivity index (χ1) is 7.46. The van der Waals surface area contributed by atoms with E-state index >= 15 is 0 Å². The van der Waals surface area contributed by atoms with Gasteiger partial charge in [-0.15, -0.1) is 12.4 Å². The molecule has 1 aliphatic rings. The fourth-order valence-corrected chi connectivity index (χ4v) is 2.92. The van der Waals surface area contributed by atoms with Gasteiger partial charge < -0.3 is 10.8 Å². The van der Waals surface area contributed by atoms with Gasteiger partial charge in [0, 0.05) is 12.6 Å². The Balaban J connectivity index is 0.00000256. The largest absolute Gasteiger partial charge is 0.396 e. The van der Waals surface area contributed by atoms with Crippen LogP contribution in [-0.2, 0) is 14.8 Å². The Morgan fingerprint density at radius 2 is 2.06 bits per heavy atom. The Hall–Kier alpha value is -0.370. The lowest BCUT2D eigenvalue weighted by Crippen LogP contribution is -2.42. The first-order valence-corrected chi connectivity index (χ1v) is 7.02. The van der Waals surface area contributed by atoms with Crippen LogP contribution in [0.5, 0.6) is 0 Å². The van der Waals surface area contributed by atoms with Gasteiger partial charge in [0.15, 0.2) is 0 Å². The smallest absolute Gasteiger partial charge is 0.238 e. The average molecular weight is 287 g/mol. The Labute approximate surface area is 107 Å². The zero-order valence-corrected chi connectivity index (χ0v) is 11.1. The Morgan fingerprint density at radius 1 is 1.41 bits per heavy atom. The van der Waals surface area contributed by atoms with Gasteiger partial charge in [0.2, 0.25) is 15.9 Å². The summed E-state index contributed by atoms with van der Waals surface area (Å²) in [5, 5.41) is 8.52. The normalized spacial score (nSPS) is 24.1. The Kier molecular flexibility index (Phi) is 6.99. The van der Waals surface area contributed by atoms with Gasteiger partial charge >= 0.3 is 0 Å². The summed E-state index contributed by atoms with van der Waals surface area (Å²) in [6, 6.07) is -0.243. The molecule has 4 N–H and O–H groups in total. The number of carbonyl (C=O) groups excluding carboxylic acids is 1. The second-order valence-corrected chi connectivity index (χ2v) is 5.91. The van der Waals surface area contributed by atoms with Crippen LogP contribution >= 0.6 is 12.4 Å². The molecule has 1 rings (SSSR count). The number of nitrogens with two attached hydrogens (primary N) is 1. The third-order valence-electron chi connectivity index (χ3n) is 2.73. The average Bonchev–Trinajstić information content (AvgIpc) is 2.61. The molecule has 0 radical (unpaired) electrons. The minimum absolute atomic E-state index is 0. The predicted molar refractivity (Wildman–Crippen MR) is 66.2 cm³/mol. The Morgan fingerprint density at radius 3 is 2.53 bits per heavy atom. The van der Waals surface area contributed by atoms with E-state index in [1.807, 2.05) is 4.72 Å². The zero-order chi connectivity index (χ0) is 12.2. The van der Waals surface area contributed by atoms with Crippen molar-refractivity contribution >= 4 is 28.3 Å². The van der Waals surface area contributed by atoms with E-state index in [0.717, 1.165) is 12.8 Å². The van der Waals surface area contributed by atoms with Gasteiger partial charge in [0.25, 0.3) is 0 Å². The maximum absolute atomic E-state index is 11.6. The summed E-state index contributed by atoms with van der Waals surface area (Å²) in [5.74, 6) is -1.15. The zero-order valence-electron chi connectivity index (χ0n) is 9.46. The van der Waals surface area contributed by atoms with Crippen molar-refractivity contribution in [2.45, 2.75) is 31.7 Å². The summed E-state index contributed by atoms with van der Waals surface area (Å²) in [6.07, 6.45) is 2.38. The van der Waals surface area contributed by atoms with Crippen LogP contribution in [0.4, 0.5) is 0 Å². The SMILES string of the molecule is Cl.N[C@H]1CCC[C@H]1C(=O)NS(=O)(=O)CCCO. The molecule has 1 saturated carbocycles. The van der Waals surface area contributed by atoms with Crippen molar-refractivity contribution in [1.82, 2.24) is 4.72 Å². The third-order valence-corrected chi connectivity index (χ3v) is 4.07. The van der Waals surface area contributed by atoms with Gasteiger partial charge in [-0.05, 0) is 19.3 Å². The second kappa shape index (κ2) is 7.15. The number of sulfonamides is 1. The van der Waals surface area contributed by atoms with Crippen LogP contribution in [0.25, 0.3) is 0 Å². The molecular formula is C9H19ClN2O4S. The highest BCUT2D eigenvalue weighted by Gasteiger charge is 2.32. The molecule has 0 heterocycles. The third kappa shape index (κ3) is 5.20. The number of carbonyl (C=O) groups is 1. The van der Waals surface area contributed by atoms with E-state index in [0.29, 0.717) is 6.42 Å². The molecule has 0 aromatic carbocycles. The second-order valence-electron chi connectivity index (χ2n) is 4.06. The van der Waals surface area contributed by atoms with Gasteiger partial charge in [0.05, 0.1) is 11.7 Å². The summed E-state index contributed by atoms with van der Waals surface area (Å²) in [6.45, 7) is -0.210. The van der Waals surface area contributed by atoms with Gasteiger partial charge in [0.1, 0.15) is 0 Å². The molecule has 8 heteroatoms. The molecule has 0 unspecified atom stereocenters. The predicted octanol–water partition coefficient (Wildman–Crippen LogP) is -0.636. The highest BCUT2D eigenvalue weighted by Crippen LogP contribution is 2.24. The van der Waals surface area contributed by atoms with E-state index in [2.05, 4.69) is 0 Å². The minimum atomic E-state index is -3.62. The van der Waals surface area contributed by atoms with Crippen LogP contribution in [0.15, 0.2) is 0 Å². The fraction of sp³-hybridized carbons (Fsp3) is 0.889. The van der Waals surface area contributed by atoms with Crippen LogP contribution in [0, 0.1) is 5.92 Å². The lowest BCUT2D eigenvalue weighted by atomic mass is 10.0. The van der Waals surface area contributed by atoms with Crippen LogP contribution < -0.4 is 10.5 Å². The number of hydrogen-bond donors (Lipinski definition) is 3. The fourth-order valence-electron chi connectivity index (χ4n) is 1.85. The highest BCUT2D eigenvalue weighted by atomic mass is 35.5. The summed E-state index contributed by atoms with van der Waals surface area (Å²) >= 11 is 0. The molecule has 102 valence electrons. The maximum atomic E-state index is 11.6. The molecule has 6 nitrogen and oxygen atoms in total. The van der Waals surface area contributed by atoms with E-state index in [9.17, 15) is 13.2 Å². The molecular weight excluding hydrogens is 268 g/mol. The van der Waals surface area contributed by atoms with Crippen molar-refractivity contribution in [2.75, 3.05) is 12.4 Å². The quantitative estimate of drug-likeness (QED) is 0.623. The van der Waals surface area contributed by atoms with Crippen molar-refractivity contribution < 1.29 is 18.3 Å². The van der Waals surface area contributed by atoms with Crippen molar-refractivity contribution in [1.29, 1.82) is 0 Å². The number of rotatable bonds is 5. The van der Waals surface area contributed by atoms with Gasteiger partial charge in [-0.2, -0.15) is 0 Å². The number of hydrogen-bond acceptors (Lipinski definition) is 5. The number of aliphatic hydroxyl groups is 1. The van der Waals surface area contributed by atoms with E-state index in [4.69, 9.17) is 10.8 Å². The van der Waals surface area contributed by atoms with E-state index in [1.54, 1.807) is 0 Å². The van der Waals surface area contributed by atoms with Crippen molar-refractivity contribution in [3.63, 3.8) is 0 Å². The monoisotopic (exact) mass is 286 g/mol. The van der Waals surface area contributed by atoms with Crippen LogP contribution in [0.1, 0.15) is 25.7 Å². The molecule has 0 aliphatic heterocycles. The molecule has 1 aliphatic carbocycles. The molecule has 0 spiro atoms. The van der Waals surface area contributed by atoms with Crippen molar-refractivity contribution in [3.05, 3.63) is 0 Å². The molecule has 1 fully saturated rings. The van der Waals surface area contributed by atoms with E-state index in [1.165, 1.54) is 0 Å². The number of aliphatic hydroxyl groups excluding tert-OH is 1. The van der Waals surface area contributed by atoms with Gasteiger partial charge in [-0.3, -0.25) is 9.52 Å². The first kappa shape index (κ1) is 16.6. The maximum Gasteiger partial charge on any atom is 0.238 e. The van der Waals surface area contributed by atoms with Crippen molar-refractivity contribution in [2.24, 2.45) is 11.7 Å². The van der Waals surface area contributed by atoms with Gasteiger partial charge in [-0.1, -0.05) is 6.42 Å². The molecule has 2 atom stereocenters. The van der Waals surface area contributed by atoms with Crippen molar-refractivity contribution in [3.8, 4) is 0 Å². The molecule has 0 aromatic heterocycles. The topological polar surface area (TPSA) is 109 Å². The van der Waals surface area contributed by atoms with Crippen LogP contribution in [-0.4, -0.2) is 37.8 Å². The summed E-state index contributed by atoms with van der Waals surface area (Å²) in [4.78, 5) is 11.6. The van der Waals surface area contributed by atoms with Crippen LogP contribution in [0.3, 0.4) is 0 Å².